The third kappa shape index (κ3) is 3.53. The molecule has 2 amide bonds. The molecule has 0 saturated carbocycles. The standard InChI is InChI=1S/C15H18N6O2/c1-12-3-2-4-13(9-12)15(23)20-7-5-19(6-8-20)14(22)10-21-11-16-17-18-21/h2-4,9,11H,5-8,10H2,1H3. The Kier molecular flexibility index (Phi) is 4.31. The lowest BCUT2D eigenvalue weighted by Gasteiger charge is -2.34. The SMILES string of the molecule is Cc1cccc(C(=O)N2CCN(C(=O)Cn3cnnn3)CC2)c1. The van der Waals surface area contributed by atoms with Crippen LogP contribution in [0.3, 0.4) is 0 Å². The van der Waals surface area contributed by atoms with Crippen molar-refractivity contribution >= 4 is 11.8 Å². The Morgan fingerprint density at radius 1 is 1.13 bits per heavy atom. The van der Waals surface area contributed by atoms with Crippen molar-refractivity contribution in [1.82, 2.24) is 30.0 Å². The van der Waals surface area contributed by atoms with Crippen molar-refractivity contribution in [2.75, 3.05) is 26.2 Å². The smallest absolute Gasteiger partial charge is 0.253 e. The summed E-state index contributed by atoms with van der Waals surface area (Å²) in [4.78, 5) is 28.2. The lowest BCUT2D eigenvalue weighted by Crippen LogP contribution is -2.51. The zero-order valence-electron chi connectivity index (χ0n) is 12.9. The lowest BCUT2D eigenvalue weighted by molar-refractivity contribution is -0.133. The molecule has 1 saturated heterocycles. The molecule has 8 heteroatoms. The maximum absolute atomic E-state index is 12.5. The molecule has 0 unspecified atom stereocenters. The molecule has 0 N–H and O–H groups in total. The van der Waals surface area contributed by atoms with Crippen LogP contribution < -0.4 is 0 Å². The van der Waals surface area contributed by atoms with Gasteiger partial charge in [-0.15, -0.1) is 5.10 Å². The van der Waals surface area contributed by atoms with E-state index in [0.717, 1.165) is 5.56 Å². The fourth-order valence-electron chi connectivity index (χ4n) is 2.61. The Morgan fingerprint density at radius 3 is 2.52 bits per heavy atom. The molecule has 120 valence electrons. The maximum atomic E-state index is 12.5. The van der Waals surface area contributed by atoms with Gasteiger partial charge < -0.3 is 9.80 Å². The topological polar surface area (TPSA) is 84.2 Å². The predicted octanol–water partition coefficient (Wildman–Crippen LogP) is -0.0339. The van der Waals surface area contributed by atoms with E-state index in [1.165, 1.54) is 11.0 Å². The van der Waals surface area contributed by atoms with Crippen LogP contribution in [0.5, 0.6) is 0 Å². The average molecular weight is 314 g/mol. The molecule has 1 aliphatic heterocycles. The number of hydrogen-bond donors (Lipinski definition) is 0. The Balaban J connectivity index is 1.55. The molecule has 23 heavy (non-hydrogen) atoms. The first kappa shape index (κ1) is 15.1. The van der Waals surface area contributed by atoms with Crippen LogP contribution in [0.1, 0.15) is 15.9 Å². The summed E-state index contributed by atoms with van der Waals surface area (Å²) in [5.74, 6) is -0.0266. The van der Waals surface area contributed by atoms with Gasteiger partial charge in [-0.05, 0) is 29.5 Å². The first-order chi connectivity index (χ1) is 11.1. The van der Waals surface area contributed by atoms with Crippen molar-refractivity contribution in [1.29, 1.82) is 0 Å². The molecule has 0 bridgehead atoms. The number of carbonyl (C=O) groups excluding carboxylic acids is 2. The summed E-state index contributed by atoms with van der Waals surface area (Å²) in [6.45, 7) is 4.21. The summed E-state index contributed by atoms with van der Waals surface area (Å²) in [6, 6.07) is 7.56. The Labute approximate surface area is 133 Å². The minimum Gasteiger partial charge on any atom is -0.338 e. The van der Waals surface area contributed by atoms with Gasteiger partial charge in [0, 0.05) is 31.7 Å². The fourth-order valence-corrected chi connectivity index (χ4v) is 2.61. The molecular formula is C15H18N6O2. The third-order valence-corrected chi connectivity index (χ3v) is 3.87. The number of amides is 2. The molecule has 1 aromatic carbocycles. The second-order valence-electron chi connectivity index (χ2n) is 5.55. The molecule has 1 fully saturated rings. The molecule has 1 aliphatic rings. The zero-order chi connectivity index (χ0) is 16.2. The molecule has 3 rings (SSSR count). The molecule has 2 heterocycles. The van der Waals surface area contributed by atoms with Crippen molar-refractivity contribution in [3.63, 3.8) is 0 Å². The van der Waals surface area contributed by atoms with E-state index >= 15 is 0 Å². The van der Waals surface area contributed by atoms with Crippen molar-refractivity contribution in [2.45, 2.75) is 13.5 Å². The minimum atomic E-state index is -0.0417. The summed E-state index contributed by atoms with van der Waals surface area (Å²) < 4.78 is 1.40. The van der Waals surface area contributed by atoms with Crippen molar-refractivity contribution in [2.24, 2.45) is 0 Å². The number of hydrogen-bond acceptors (Lipinski definition) is 5. The number of carbonyl (C=O) groups is 2. The molecule has 2 aromatic rings. The minimum absolute atomic E-state index is 0.0151. The second-order valence-corrected chi connectivity index (χ2v) is 5.55. The van der Waals surface area contributed by atoms with Crippen LogP contribution in [0.2, 0.25) is 0 Å². The monoisotopic (exact) mass is 314 g/mol. The number of tetrazole rings is 1. The van der Waals surface area contributed by atoms with Gasteiger partial charge in [0.2, 0.25) is 5.91 Å². The Morgan fingerprint density at radius 2 is 1.87 bits per heavy atom. The van der Waals surface area contributed by atoms with Gasteiger partial charge in [0.25, 0.3) is 5.91 Å². The van der Waals surface area contributed by atoms with Gasteiger partial charge in [-0.25, -0.2) is 4.68 Å². The highest BCUT2D eigenvalue weighted by atomic mass is 16.2. The Hall–Kier alpha value is -2.77. The highest BCUT2D eigenvalue weighted by Gasteiger charge is 2.25. The maximum Gasteiger partial charge on any atom is 0.253 e. The van der Waals surface area contributed by atoms with Gasteiger partial charge >= 0.3 is 0 Å². The van der Waals surface area contributed by atoms with Crippen molar-refractivity contribution < 1.29 is 9.59 Å². The Bertz CT molecular complexity index is 692. The van der Waals surface area contributed by atoms with E-state index < -0.39 is 0 Å². The quantitative estimate of drug-likeness (QED) is 0.794. The largest absolute Gasteiger partial charge is 0.338 e. The normalized spacial score (nSPS) is 14.8. The van der Waals surface area contributed by atoms with E-state index in [4.69, 9.17) is 0 Å². The van der Waals surface area contributed by atoms with Crippen LogP contribution >= 0.6 is 0 Å². The highest BCUT2D eigenvalue weighted by Crippen LogP contribution is 2.11. The molecule has 0 spiro atoms. The van der Waals surface area contributed by atoms with Crippen LogP contribution in [0.15, 0.2) is 30.6 Å². The van der Waals surface area contributed by atoms with Crippen molar-refractivity contribution in [3.05, 3.63) is 41.7 Å². The van der Waals surface area contributed by atoms with Gasteiger partial charge in [0.1, 0.15) is 12.9 Å². The average Bonchev–Trinajstić information content (AvgIpc) is 3.07. The van der Waals surface area contributed by atoms with Crippen LogP contribution in [0.25, 0.3) is 0 Å². The zero-order valence-corrected chi connectivity index (χ0v) is 12.9. The summed E-state index contributed by atoms with van der Waals surface area (Å²) in [5.41, 5.74) is 1.75. The summed E-state index contributed by atoms with van der Waals surface area (Å²) >= 11 is 0. The second kappa shape index (κ2) is 6.55. The predicted molar refractivity (Wildman–Crippen MR) is 81.5 cm³/mol. The molecule has 1 aromatic heterocycles. The van der Waals surface area contributed by atoms with E-state index in [1.807, 2.05) is 31.2 Å². The molecule has 0 atom stereocenters. The number of rotatable bonds is 3. The van der Waals surface area contributed by atoms with Crippen LogP contribution in [0.4, 0.5) is 0 Å². The number of aryl methyl sites for hydroxylation is 1. The third-order valence-electron chi connectivity index (χ3n) is 3.87. The van der Waals surface area contributed by atoms with Crippen molar-refractivity contribution in [3.8, 4) is 0 Å². The first-order valence-electron chi connectivity index (χ1n) is 7.48. The fraction of sp³-hybridized carbons (Fsp3) is 0.400. The lowest BCUT2D eigenvalue weighted by atomic mass is 10.1. The number of aromatic nitrogens is 4. The van der Waals surface area contributed by atoms with Gasteiger partial charge in [-0.2, -0.15) is 0 Å². The van der Waals surface area contributed by atoms with Crippen LogP contribution in [0, 0.1) is 6.92 Å². The van der Waals surface area contributed by atoms with E-state index in [-0.39, 0.29) is 18.4 Å². The number of benzene rings is 1. The highest BCUT2D eigenvalue weighted by molar-refractivity contribution is 5.94. The van der Waals surface area contributed by atoms with Gasteiger partial charge in [-0.1, -0.05) is 17.7 Å². The summed E-state index contributed by atoms with van der Waals surface area (Å²) in [6.07, 6.45) is 1.41. The molecule has 0 radical (unpaired) electrons. The van der Waals surface area contributed by atoms with E-state index in [2.05, 4.69) is 15.5 Å². The van der Waals surface area contributed by atoms with E-state index in [0.29, 0.717) is 31.7 Å². The molecular weight excluding hydrogens is 296 g/mol. The van der Waals surface area contributed by atoms with Crippen LogP contribution in [-0.4, -0.2) is 68.0 Å². The molecule has 8 nitrogen and oxygen atoms in total. The first-order valence-corrected chi connectivity index (χ1v) is 7.48. The van der Waals surface area contributed by atoms with Gasteiger partial charge in [0.15, 0.2) is 0 Å². The van der Waals surface area contributed by atoms with E-state index in [9.17, 15) is 9.59 Å². The summed E-state index contributed by atoms with van der Waals surface area (Å²) in [7, 11) is 0. The van der Waals surface area contributed by atoms with Gasteiger partial charge in [0.05, 0.1) is 0 Å². The van der Waals surface area contributed by atoms with Crippen LogP contribution in [-0.2, 0) is 11.3 Å². The van der Waals surface area contributed by atoms with Gasteiger partial charge in [-0.3, -0.25) is 9.59 Å². The molecule has 0 aliphatic carbocycles. The summed E-state index contributed by atoms with van der Waals surface area (Å²) in [5, 5.41) is 10.7. The number of piperazine rings is 1. The van der Waals surface area contributed by atoms with E-state index in [1.54, 1.807) is 9.80 Å². The number of nitrogens with zero attached hydrogens (tertiary/aromatic N) is 6.